The Bertz CT molecular complexity index is 748. The summed E-state index contributed by atoms with van der Waals surface area (Å²) in [7, 11) is 0. The minimum Gasteiger partial charge on any atom is -0.508 e. The summed E-state index contributed by atoms with van der Waals surface area (Å²) >= 11 is 0. The quantitative estimate of drug-likeness (QED) is 0.283. The molecule has 0 amide bonds. The Morgan fingerprint density at radius 1 is 0.613 bits per heavy atom. The lowest BCUT2D eigenvalue weighted by atomic mass is 9.79. The molecule has 0 aromatic heterocycles. The number of para-hydroxylation sites is 1. The van der Waals surface area contributed by atoms with Crippen LogP contribution in [0.1, 0.15) is 126 Å². The minimum absolute atomic E-state index is 0.292. The van der Waals surface area contributed by atoms with E-state index in [-0.39, 0.29) is 0 Å². The summed E-state index contributed by atoms with van der Waals surface area (Å²) in [6.07, 6.45) is 15.7. The van der Waals surface area contributed by atoms with Crippen molar-refractivity contribution < 1.29 is 5.11 Å². The van der Waals surface area contributed by atoms with E-state index >= 15 is 0 Å². The summed E-state index contributed by atoms with van der Waals surface area (Å²) in [4.78, 5) is 0. The van der Waals surface area contributed by atoms with Gasteiger partial charge in [-0.15, -0.1) is 0 Å². The zero-order chi connectivity index (χ0) is 22.5. The fourth-order valence-electron chi connectivity index (χ4n) is 4.86. The van der Waals surface area contributed by atoms with Crippen molar-refractivity contribution in [3.05, 3.63) is 64.7 Å². The van der Waals surface area contributed by atoms with Crippen LogP contribution in [0.3, 0.4) is 0 Å². The van der Waals surface area contributed by atoms with Crippen LogP contribution in [-0.2, 0) is 12.8 Å². The van der Waals surface area contributed by atoms with Gasteiger partial charge < -0.3 is 5.11 Å². The molecule has 0 radical (unpaired) electrons. The van der Waals surface area contributed by atoms with Gasteiger partial charge in [0.05, 0.1) is 0 Å². The van der Waals surface area contributed by atoms with Crippen LogP contribution in [0.15, 0.2) is 42.5 Å². The standard InChI is InChI=1S/C30H46O/c1-5-7-9-11-13-18-26-19-17-22-27(29(26)21-14-12-10-8-6-2)24(3)25(4)28-20-15-16-23-30(28)31/h15-17,19-20,22-25,31H,5-14,18,21H2,1-4H3. The topological polar surface area (TPSA) is 20.2 Å². The van der Waals surface area contributed by atoms with Crippen molar-refractivity contribution in [2.24, 2.45) is 0 Å². The maximum absolute atomic E-state index is 10.4. The fraction of sp³-hybridized carbons (Fsp3) is 0.600. The van der Waals surface area contributed by atoms with Gasteiger partial charge in [0.1, 0.15) is 5.75 Å². The molecular weight excluding hydrogens is 376 g/mol. The number of aryl methyl sites for hydroxylation is 1. The largest absolute Gasteiger partial charge is 0.508 e. The number of phenols is 1. The highest BCUT2D eigenvalue weighted by molar-refractivity contribution is 5.42. The molecule has 172 valence electrons. The third-order valence-electron chi connectivity index (χ3n) is 7.06. The van der Waals surface area contributed by atoms with Crippen molar-refractivity contribution in [2.75, 3.05) is 0 Å². The summed E-state index contributed by atoms with van der Waals surface area (Å²) in [5.74, 6) is 1.11. The van der Waals surface area contributed by atoms with Gasteiger partial charge in [-0.05, 0) is 65.8 Å². The van der Waals surface area contributed by atoms with Crippen LogP contribution in [0.5, 0.6) is 5.75 Å². The van der Waals surface area contributed by atoms with Crippen molar-refractivity contribution in [3.63, 3.8) is 0 Å². The molecule has 2 unspecified atom stereocenters. The SMILES string of the molecule is CCCCCCCc1cccc(C(C)C(C)c2ccccc2O)c1CCCCCCC. The second-order valence-electron chi connectivity index (χ2n) is 9.45. The van der Waals surface area contributed by atoms with Gasteiger partial charge in [-0.2, -0.15) is 0 Å². The highest BCUT2D eigenvalue weighted by atomic mass is 16.3. The van der Waals surface area contributed by atoms with Crippen LogP contribution in [0.4, 0.5) is 0 Å². The van der Waals surface area contributed by atoms with Crippen molar-refractivity contribution in [1.29, 1.82) is 0 Å². The van der Waals surface area contributed by atoms with Crippen molar-refractivity contribution in [1.82, 2.24) is 0 Å². The predicted molar refractivity (Wildman–Crippen MR) is 136 cm³/mol. The molecule has 0 fully saturated rings. The molecule has 0 spiro atoms. The van der Waals surface area contributed by atoms with E-state index in [1.54, 1.807) is 11.1 Å². The van der Waals surface area contributed by atoms with Crippen LogP contribution in [0, 0.1) is 0 Å². The molecule has 2 aromatic rings. The van der Waals surface area contributed by atoms with Crippen molar-refractivity contribution >= 4 is 0 Å². The molecular formula is C30H46O. The molecule has 2 atom stereocenters. The first kappa shape index (κ1) is 25.5. The number of benzene rings is 2. The van der Waals surface area contributed by atoms with Crippen LogP contribution in [-0.4, -0.2) is 5.11 Å². The van der Waals surface area contributed by atoms with Crippen LogP contribution >= 0.6 is 0 Å². The highest BCUT2D eigenvalue weighted by Gasteiger charge is 2.22. The van der Waals surface area contributed by atoms with Gasteiger partial charge in [-0.3, -0.25) is 0 Å². The molecule has 1 nitrogen and oxygen atoms in total. The van der Waals surface area contributed by atoms with Crippen molar-refractivity contribution in [3.8, 4) is 5.75 Å². The number of unbranched alkanes of at least 4 members (excludes halogenated alkanes) is 8. The third-order valence-corrected chi connectivity index (χ3v) is 7.06. The Labute approximate surface area is 192 Å². The van der Waals surface area contributed by atoms with Crippen LogP contribution < -0.4 is 0 Å². The smallest absolute Gasteiger partial charge is 0.119 e. The maximum Gasteiger partial charge on any atom is 0.119 e. The Hall–Kier alpha value is -1.76. The second kappa shape index (κ2) is 14.3. The fourth-order valence-corrected chi connectivity index (χ4v) is 4.86. The van der Waals surface area contributed by atoms with E-state index in [2.05, 4.69) is 52.0 Å². The molecule has 1 N–H and O–H groups in total. The number of rotatable bonds is 15. The normalized spacial score (nSPS) is 13.3. The van der Waals surface area contributed by atoms with Crippen molar-refractivity contribution in [2.45, 2.75) is 117 Å². The second-order valence-corrected chi connectivity index (χ2v) is 9.45. The van der Waals surface area contributed by atoms with Crippen LogP contribution in [0.2, 0.25) is 0 Å². The Morgan fingerprint density at radius 3 is 1.81 bits per heavy atom. The van der Waals surface area contributed by atoms with Gasteiger partial charge in [0.2, 0.25) is 0 Å². The van der Waals surface area contributed by atoms with Gasteiger partial charge in [0.25, 0.3) is 0 Å². The van der Waals surface area contributed by atoms with E-state index in [0.717, 1.165) is 5.56 Å². The van der Waals surface area contributed by atoms with E-state index < -0.39 is 0 Å². The maximum atomic E-state index is 10.4. The predicted octanol–water partition coefficient (Wildman–Crippen LogP) is 9.33. The Kier molecular flexibility index (Phi) is 11.8. The number of hydrogen-bond acceptors (Lipinski definition) is 1. The molecule has 0 bridgehead atoms. The average Bonchev–Trinajstić information content (AvgIpc) is 2.78. The zero-order valence-electron chi connectivity index (χ0n) is 20.6. The van der Waals surface area contributed by atoms with E-state index in [4.69, 9.17) is 0 Å². The molecule has 2 rings (SSSR count). The van der Waals surface area contributed by atoms with E-state index in [9.17, 15) is 5.11 Å². The first-order chi connectivity index (χ1) is 15.1. The summed E-state index contributed by atoms with van der Waals surface area (Å²) in [5.41, 5.74) is 5.73. The lowest BCUT2D eigenvalue weighted by Crippen LogP contribution is -2.10. The van der Waals surface area contributed by atoms with Gasteiger partial charge in [-0.25, -0.2) is 0 Å². The van der Waals surface area contributed by atoms with Crippen LogP contribution in [0.25, 0.3) is 0 Å². The summed E-state index contributed by atoms with van der Waals surface area (Å²) < 4.78 is 0. The van der Waals surface area contributed by atoms with E-state index in [0.29, 0.717) is 17.6 Å². The molecule has 0 aliphatic carbocycles. The van der Waals surface area contributed by atoms with Gasteiger partial charge >= 0.3 is 0 Å². The van der Waals surface area contributed by atoms with E-state index in [1.165, 1.54) is 82.6 Å². The average molecular weight is 423 g/mol. The number of aromatic hydroxyl groups is 1. The third kappa shape index (κ3) is 8.02. The number of phenolic OH excluding ortho intramolecular Hbond substituents is 1. The number of hydrogen-bond donors (Lipinski definition) is 1. The minimum atomic E-state index is 0.292. The first-order valence-corrected chi connectivity index (χ1v) is 13.0. The molecule has 0 heterocycles. The molecule has 2 aromatic carbocycles. The summed E-state index contributed by atoms with van der Waals surface area (Å²) in [6, 6.07) is 14.9. The summed E-state index contributed by atoms with van der Waals surface area (Å²) in [6.45, 7) is 9.18. The van der Waals surface area contributed by atoms with Gasteiger partial charge in [0.15, 0.2) is 0 Å². The monoisotopic (exact) mass is 422 g/mol. The molecule has 1 heteroatoms. The lowest BCUT2D eigenvalue weighted by molar-refractivity contribution is 0.456. The van der Waals surface area contributed by atoms with E-state index in [1.807, 2.05) is 18.2 Å². The Morgan fingerprint density at radius 2 is 1.16 bits per heavy atom. The zero-order valence-corrected chi connectivity index (χ0v) is 20.6. The summed E-state index contributed by atoms with van der Waals surface area (Å²) in [5, 5.41) is 10.4. The Balaban J connectivity index is 2.20. The molecule has 0 saturated heterocycles. The molecule has 31 heavy (non-hydrogen) atoms. The lowest BCUT2D eigenvalue weighted by Gasteiger charge is -2.26. The first-order valence-electron chi connectivity index (χ1n) is 13.0. The molecule has 0 saturated carbocycles. The van der Waals surface area contributed by atoms with Gasteiger partial charge in [-0.1, -0.05) is 115 Å². The highest BCUT2D eigenvalue weighted by Crippen LogP contribution is 2.39. The molecule has 0 aliphatic heterocycles. The molecule has 0 aliphatic rings. The van der Waals surface area contributed by atoms with Gasteiger partial charge in [0, 0.05) is 0 Å².